The van der Waals surface area contributed by atoms with Gasteiger partial charge in [0.05, 0.1) is 46.2 Å². The summed E-state index contributed by atoms with van der Waals surface area (Å²) >= 11 is 0. The summed E-state index contributed by atoms with van der Waals surface area (Å²) < 4.78 is 26.8. The highest BCUT2D eigenvalue weighted by atomic mass is 16.6. The molecule has 0 amide bonds. The molecule has 0 saturated heterocycles. The maximum atomic E-state index is 11.4. The van der Waals surface area contributed by atoms with Gasteiger partial charge in [-0.2, -0.15) is 0 Å². The standard InChI is InChI=1S/C21H42O6/c1-3-5-7-9-11-21(22)27-20-19-26-18-17-25-16-15-24-14-13-23-12-10-8-6-4-2/h3-20H2,1-2H3. The first-order valence-electron chi connectivity index (χ1n) is 10.8. The highest BCUT2D eigenvalue weighted by Gasteiger charge is 2.02. The number of ether oxygens (including phenoxy) is 5. The van der Waals surface area contributed by atoms with E-state index in [-0.39, 0.29) is 5.97 Å². The molecule has 0 spiro atoms. The van der Waals surface area contributed by atoms with Crippen molar-refractivity contribution in [2.24, 2.45) is 0 Å². The molecule has 0 saturated carbocycles. The van der Waals surface area contributed by atoms with E-state index >= 15 is 0 Å². The monoisotopic (exact) mass is 390 g/mol. The molecule has 162 valence electrons. The fourth-order valence-electron chi connectivity index (χ4n) is 2.38. The Morgan fingerprint density at radius 1 is 0.519 bits per heavy atom. The first-order chi connectivity index (χ1) is 13.3. The number of esters is 1. The van der Waals surface area contributed by atoms with Gasteiger partial charge in [0.1, 0.15) is 6.61 Å². The number of unbranched alkanes of at least 4 members (excludes halogenated alkanes) is 6. The predicted molar refractivity (Wildman–Crippen MR) is 107 cm³/mol. The molecule has 0 aromatic heterocycles. The van der Waals surface area contributed by atoms with Crippen LogP contribution in [0.3, 0.4) is 0 Å². The quantitative estimate of drug-likeness (QED) is 0.204. The van der Waals surface area contributed by atoms with E-state index in [0.717, 1.165) is 25.9 Å². The topological polar surface area (TPSA) is 63.2 Å². The lowest BCUT2D eigenvalue weighted by Gasteiger charge is -2.08. The molecule has 6 nitrogen and oxygen atoms in total. The van der Waals surface area contributed by atoms with Crippen molar-refractivity contribution in [2.75, 3.05) is 59.5 Å². The van der Waals surface area contributed by atoms with Crippen LogP contribution in [0.4, 0.5) is 0 Å². The van der Waals surface area contributed by atoms with Crippen molar-refractivity contribution in [1.29, 1.82) is 0 Å². The van der Waals surface area contributed by atoms with E-state index in [1.165, 1.54) is 32.1 Å². The van der Waals surface area contributed by atoms with Crippen molar-refractivity contribution in [3.05, 3.63) is 0 Å². The minimum atomic E-state index is -0.131. The fourth-order valence-corrected chi connectivity index (χ4v) is 2.38. The van der Waals surface area contributed by atoms with Crippen molar-refractivity contribution in [3.8, 4) is 0 Å². The van der Waals surface area contributed by atoms with Crippen LogP contribution in [0.25, 0.3) is 0 Å². The largest absolute Gasteiger partial charge is 0.463 e. The summed E-state index contributed by atoms with van der Waals surface area (Å²) in [4.78, 5) is 11.4. The van der Waals surface area contributed by atoms with E-state index in [9.17, 15) is 4.79 Å². The number of carbonyl (C=O) groups excluding carboxylic acids is 1. The van der Waals surface area contributed by atoms with E-state index in [0.29, 0.717) is 59.3 Å². The third-order valence-electron chi connectivity index (χ3n) is 3.98. The molecule has 0 unspecified atom stereocenters. The predicted octanol–water partition coefficient (Wildman–Crippen LogP) is 4.15. The van der Waals surface area contributed by atoms with Gasteiger partial charge in [-0.3, -0.25) is 4.79 Å². The van der Waals surface area contributed by atoms with Gasteiger partial charge in [-0.25, -0.2) is 0 Å². The molecule has 0 heterocycles. The minimum Gasteiger partial charge on any atom is -0.463 e. The Kier molecular flexibility index (Phi) is 22.8. The average Bonchev–Trinajstić information content (AvgIpc) is 2.67. The van der Waals surface area contributed by atoms with Crippen LogP contribution in [0.15, 0.2) is 0 Å². The molecule has 0 aromatic rings. The van der Waals surface area contributed by atoms with E-state index in [4.69, 9.17) is 23.7 Å². The van der Waals surface area contributed by atoms with Crippen LogP contribution >= 0.6 is 0 Å². The van der Waals surface area contributed by atoms with E-state index < -0.39 is 0 Å². The smallest absolute Gasteiger partial charge is 0.305 e. The lowest BCUT2D eigenvalue weighted by atomic mass is 10.2. The van der Waals surface area contributed by atoms with Crippen molar-refractivity contribution in [1.82, 2.24) is 0 Å². The summed E-state index contributed by atoms with van der Waals surface area (Å²) in [5.74, 6) is -0.131. The molecule has 0 aliphatic rings. The van der Waals surface area contributed by atoms with Crippen LogP contribution in [0.5, 0.6) is 0 Å². The Morgan fingerprint density at radius 2 is 0.963 bits per heavy atom. The lowest BCUT2D eigenvalue weighted by Crippen LogP contribution is -2.14. The highest BCUT2D eigenvalue weighted by Crippen LogP contribution is 2.03. The zero-order valence-corrected chi connectivity index (χ0v) is 17.7. The lowest BCUT2D eigenvalue weighted by molar-refractivity contribution is -0.145. The zero-order chi connectivity index (χ0) is 19.8. The van der Waals surface area contributed by atoms with Gasteiger partial charge in [0.25, 0.3) is 0 Å². The second-order valence-electron chi connectivity index (χ2n) is 6.54. The van der Waals surface area contributed by atoms with Gasteiger partial charge < -0.3 is 23.7 Å². The SMILES string of the molecule is CCCCCCOCCOCCOCCOCCOC(=O)CCCCCC. The maximum Gasteiger partial charge on any atom is 0.305 e. The van der Waals surface area contributed by atoms with Gasteiger partial charge in [-0.05, 0) is 12.8 Å². The maximum absolute atomic E-state index is 11.4. The highest BCUT2D eigenvalue weighted by molar-refractivity contribution is 5.69. The van der Waals surface area contributed by atoms with Gasteiger partial charge >= 0.3 is 5.97 Å². The molecule has 0 N–H and O–H groups in total. The molecule has 0 aromatic carbocycles. The molecule has 0 fully saturated rings. The van der Waals surface area contributed by atoms with Crippen molar-refractivity contribution < 1.29 is 28.5 Å². The fraction of sp³-hybridized carbons (Fsp3) is 0.952. The van der Waals surface area contributed by atoms with Crippen molar-refractivity contribution in [3.63, 3.8) is 0 Å². The molecule has 27 heavy (non-hydrogen) atoms. The summed E-state index contributed by atoms with van der Waals surface area (Å²) in [7, 11) is 0. The number of hydrogen-bond acceptors (Lipinski definition) is 6. The van der Waals surface area contributed by atoms with Crippen LogP contribution in [-0.2, 0) is 28.5 Å². The van der Waals surface area contributed by atoms with Crippen molar-refractivity contribution >= 4 is 5.97 Å². The third-order valence-corrected chi connectivity index (χ3v) is 3.98. The van der Waals surface area contributed by atoms with Gasteiger partial charge in [0.15, 0.2) is 0 Å². The Labute approximate surface area is 166 Å². The molecule has 0 bridgehead atoms. The van der Waals surface area contributed by atoms with Gasteiger partial charge in [0, 0.05) is 13.0 Å². The zero-order valence-electron chi connectivity index (χ0n) is 17.7. The molecule has 0 atom stereocenters. The van der Waals surface area contributed by atoms with Gasteiger partial charge in [-0.1, -0.05) is 52.4 Å². The molecule has 0 radical (unpaired) electrons. The third kappa shape index (κ3) is 23.3. The summed E-state index contributed by atoms with van der Waals surface area (Å²) in [6.07, 6.45) is 9.77. The van der Waals surface area contributed by atoms with Crippen molar-refractivity contribution in [2.45, 2.75) is 71.6 Å². The van der Waals surface area contributed by atoms with Crippen LogP contribution in [0.1, 0.15) is 71.6 Å². The van der Waals surface area contributed by atoms with Crippen LogP contribution in [0, 0.1) is 0 Å². The molecule has 0 aliphatic carbocycles. The normalized spacial score (nSPS) is 11.0. The van der Waals surface area contributed by atoms with Gasteiger partial charge in [0.2, 0.25) is 0 Å². The van der Waals surface area contributed by atoms with Crippen LogP contribution in [-0.4, -0.2) is 65.4 Å². The first-order valence-corrected chi connectivity index (χ1v) is 10.8. The molecular formula is C21H42O6. The second kappa shape index (κ2) is 23.3. The summed E-state index contributed by atoms with van der Waals surface area (Å²) in [6, 6.07) is 0. The Bertz CT molecular complexity index is 298. The minimum absolute atomic E-state index is 0.131. The van der Waals surface area contributed by atoms with E-state index in [2.05, 4.69) is 13.8 Å². The number of hydrogen-bond donors (Lipinski definition) is 0. The van der Waals surface area contributed by atoms with E-state index in [1.807, 2.05) is 0 Å². The van der Waals surface area contributed by atoms with Crippen LogP contribution in [0.2, 0.25) is 0 Å². The first kappa shape index (κ1) is 26.3. The number of rotatable bonds is 22. The van der Waals surface area contributed by atoms with Crippen LogP contribution < -0.4 is 0 Å². The summed E-state index contributed by atoms with van der Waals surface area (Å²) in [5, 5.41) is 0. The van der Waals surface area contributed by atoms with Gasteiger partial charge in [-0.15, -0.1) is 0 Å². The summed E-state index contributed by atoms with van der Waals surface area (Å²) in [6.45, 7) is 9.29. The number of carbonyl (C=O) groups is 1. The average molecular weight is 391 g/mol. The Hall–Kier alpha value is -0.690. The second-order valence-corrected chi connectivity index (χ2v) is 6.54. The Balaban J connectivity index is 3.07. The summed E-state index contributed by atoms with van der Waals surface area (Å²) in [5.41, 5.74) is 0. The molecule has 0 aliphatic heterocycles. The molecule has 6 heteroatoms. The molecular weight excluding hydrogens is 348 g/mol. The Morgan fingerprint density at radius 3 is 1.48 bits per heavy atom. The van der Waals surface area contributed by atoms with E-state index in [1.54, 1.807) is 0 Å². The molecule has 0 rings (SSSR count).